The summed E-state index contributed by atoms with van der Waals surface area (Å²) >= 11 is 0. The SMILES string of the molecule is CN(CC(=O)N(Cc1ccc(F)cc1)C(C(=O)NCCO)c1ccccc1)S(C)(=O)=O. The highest BCUT2D eigenvalue weighted by molar-refractivity contribution is 7.88. The van der Waals surface area contributed by atoms with E-state index in [2.05, 4.69) is 5.32 Å². The van der Waals surface area contributed by atoms with Crippen molar-refractivity contribution in [1.82, 2.24) is 14.5 Å². The van der Waals surface area contributed by atoms with E-state index in [1.54, 1.807) is 30.3 Å². The van der Waals surface area contributed by atoms with Gasteiger partial charge >= 0.3 is 0 Å². The summed E-state index contributed by atoms with van der Waals surface area (Å²) in [6.07, 6.45) is 0.979. The van der Waals surface area contributed by atoms with Crippen LogP contribution in [0.25, 0.3) is 0 Å². The number of halogens is 1. The third-order valence-electron chi connectivity index (χ3n) is 4.60. The normalized spacial score (nSPS) is 12.4. The number of hydrogen-bond donors (Lipinski definition) is 2. The average Bonchev–Trinajstić information content (AvgIpc) is 2.73. The summed E-state index contributed by atoms with van der Waals surface area (Å²) in [5.74, 6) is -1.58. The molecule has 2 aromatic rings. The Morgan fingerprint density at radius 1 is 1.10 bits per heavy atom. The Kier molecular flexibility index (Phi) is 8.66. The van der Waals surface area contributed by atoms with E-state index in [0.29, 0.717) is 11.1 Å². The summed E-state index contributed by atoms with van der Waals surface area (Å²) in [7, 11) is -2.36. The van der Waals surface area contributed by atoms with E-state index in [0.717, 1.165) is 10.6 Å². The fraction of sp³-hybridized carbons (Fsp3) is 0.333. The quantitative estimate of drug-likeness (QED) is 0.558. The molecular weight excluding hydrogens is 425 g/mol. The first-order chi connectivity index (χ1) is 14.6. The number of sulfonamides is 1. The van der Waals surface area contributed by atoms with Crippen molar-refractivity contribution in [3.63, 3.8) is 0 Å². The molecule has 2 aromatic carbocycles. The second-order valence-electron chi connectivity index (χ2n) is 6.99. The molecule has 0 bridgehead atoms. The Balaban J connectivity index is 2.47. The van der Waals surface area contributed by atoms with Gasteiger partial charge in [-0.25, -0.2) is 12.8 Å². The number of carbonyl (C=O) groups excluding carboxylic acids is 2. The lowest BCUT2D eigenvalue weighted by Crippen LogP contribution is -2.47. The van der Waals surface area contributed by atoms with Gasteiger partial charge in [-0.05, 0) is 23.3 Å². The molecule has 0 aliphatic heterocycles. The first-order valence-electron chi connectivity index (χ1n) is 9.52. The first-order valence-corrected chi connectivity index (χ1v) is 11.4. The van der Waals surface area contributed by atoms with Gasteiger partial charge in [-0.1, -0.05) is 42.5 Å². The minimum atomic E-state index is -3.63. The number of aliphatic hydroxyl groups is 1. The topological polar surface area (TPSA) is 107 Å². The highest BCUT2D eigenvalue weighted by Crippen LogP contribution is 2.24. The number of nitrogens with one attached hydrogen (secondary N) is 1. The fourth-order valence-electron chi connectivity index (χ4n) is 2.89. The maximum atomic E-state index is 13.3. The number of likely N-dealkylation sites (N-methyl/N-ethyl adjacent to an activating group) is 1. The molecule has 1 atom stereocenters. The Bertz CT molecular complexity index is 984. The molecule has 1 unspecified atom stereocenters. The van der Waals surface area contributed by atoms with Crippen molar-refractivity contribution < 1.29 is 27.5 Å². The zero-order chi connectivity index (χ0) is 23.0. The van der Waals surface area contributed by atoms with Crippen LogP contribution in [0, 0.1) is 5.82 Å². The van der Waals surface area contributed by atoms with Crippen molar-refractivity contribution in [2.45, 2.75) is 12.6 Å². The Labute approximate surface area is 181 Å². The van der Waals surface area contributed by atoms with Crippen molar-refractivity contribution >= 4 is 21.8 Å². The number of nitrogens with zero attached hydrogens (tertiary/aromatic N) is 2. The minimum absolute atomic E-state index is 0.00993. The number of aliphatic hydroxyl groups excluding tert-OH is 1. The molecule has 31 heavy (non-hydrogen) atoms. The Morgan fingerprint density at radius 3 is 2.26 bits per heavy atom. The zero-order valence-corrected chi connectivity index (χ0v) is 18.2. The minimum Gasteiger partial charge on any atom is -0.395 e. The van der Waals surface area contributed by atoms with Gasteiger partial charge in [-0.2, -0.15) is 4.31 Å². The molecule has 0 aromatic heterocycles. The lowest BCUT2D eigenvalue weighted by Gasteiger charge is -2.32. The Hall–Kier alpha value is -2.82. The van der Waals surface area contributed by atoms with Gasteiger partial charge in [0.25, 0.3) is 0 Å². The lowest BCUT2D eigenvalue weighted by molar-refractivity contribution is -0.141. The average molecular weight is 452 g/mol. The third kappa shape index (κ3) is 7.12. The predicted octanol–water partition coefficient (Wildman–Crippen LogP) is 0.895. The maximum Gasteiger partial charge on any atom is 0.247 e. The monoisotopic (exact) mass is 451 g/mol. The molecule has 0 aliphatic rings. The molecule has 2 amide bonds. The van der Waals surface area contributed by atoms with Crippen molar-refractivity contribution in [3.05, 3.63) is 71.5 Å². The maximum absolute atomic E-state index is 13.3. The van der Waals surface area contributed by atoms with Crippen LogP contribution >= 0.6 is 0 Å². The smallest absolute Gasteiger partial charge is 0.247 e. The van der Waals surface area contributed by atoms with Crippen LogP contribution in [0.1, 0.15) is 17.2 Å². The first kappa shape index (κ1) is 24.4. The highest BCUT2D eigenvalue weighted by atomic mass is 32.2. The van der Waals surface area contributed by atoms with Crippen LogP contribution < -0.4 is 5.32 Å². The molecular formula is C21H26FN3O5S. The van der Waals surface area contributed by atoms with E-state index in [9.17, 15) is 22.4 Å². The number of rotatable bonds is 10. The lowest BCUT2D eigenvalue weighted by atomic mass is 10.0. The van der Waals surface area contributed by atoms with Crippen molar-refractivity contribution in [3.8, 4) is 0 Å². The molecule has 168 valence electrons. The molecule has 8 nitrogen and oxygen atoms in total. The summed E-state index contributed by atoms with van der Waals surface area (Å²) in [4.78, 5) is 27.4. The third-order valence-corrected chi connectivity index (χ3v) is 5.86. The number of benzene rings is 2. The molecule has 0 radical (unpaired) electrons. The van der Waals surface area contributed by atoms with Crippen molar-refractivity contribution in [2.24, 2.45) is 0 Å². The van der Waals surface area contributed by atoms with E-state index in [4.69, 9.17) is 5.11 Å². The largest absolute Gasteiger partial charge is 0.395 e. The summed E-state index contributed by atoms with van der Waals surface area (Å²) in [5, 5.41) is 11.7. The van der Waals surface area contributed by atoms with Gasteiger partial charge < -0.3 is 15.3 Å². The van der Waals surface area contributed by atoms with Gasteiger partial charge in [0.1, 0.15) is 11.9 Å². The number of amides is 2. The molecule has 0 saturated carbocycles. The molecule has 0 fully saturated rings. The van der Waals surface area contributed by atoms with Gasteiger partial charge in [0.15, 0.2) is 0 Å². The van der Waals surface area contributed by atoms with E-state index in [1.165, 1.54) is 36.2 Å². The second kappa shape index (κ2) is 11.0. The van der Waals surface area contributed by atoms with E-state index in [1.807, 2.05) is 0 Å². The van der Waals surface area contributed by atoms with Gasteiger partial charge in [-0.15, -0.1) is 0 Å². The molecule has 10 heteroatoms. The summed E-state index contributed by atoms with van der Waals surface area (Å²) in [6.45, 7) is -0.820. The van der Waals surface area contributed by atoms with Gasteiger partial charge in [0.05, 0.1) is 19.4 Å². The molecule has 2 rings (SSSR count). The fourth-order valence-corrected chi connectivity index (χ4v) is 3.24. The van der Waals surface area contributed by atoms with Crippen LogP contribution in [0.3, 0.4) is 0 Å². The van der Waals surface area contributed by atoms with Crippen LogP contribution in [0.4, 0.5) is 4.39 Å². The summed E-state index contributed by atoms with van der Waals surface area (Å²) in [6, 6.07) is 12.9. The van der Waals surface area contributed by atoms with Crippen LogP contribution in [0.2, 0.25) is 0 Å². The van der Waals surface area contributed by atoms with Crippen LogP contribution in [0.5, 0.6) is 0 Å². The standard InChI is InChI=1S/C21H26FN3O5S/c1-24(31(2,29)30)15-19(27)25(14-16-8-10-18(22)11-9-16)20(21(28)23-12-13-26)17-6-4-3-5-7-17/h3-11,20,26H,12-15H2,1-2H3,(H,23,28). The van der Waals surface area contributed by atoms with Gasteiger partial charge in [0, 0.05) is 20.1 Å². The molecule has 0 saturated heterocycles. The highest BCUT2D eigenvalue weighted by Gasteiger charge is 2.32. The van der Waals surface area contributed by atoms with E-state index in [-0.39, 0.29) is 19.7 Å². The van der Waals surface area contributed by atoms with Crippen molar-refractivity contribution in [2.75, 3.05) is 33.0 Å². The number of carbonyl (C=O) groups is 2. The number of hydrogen-bond acceptors (Lipinski definition) is 5. The second-order valence-corrected chi connectivity index (χ2v) is 9.08. The van der Waals surface area contributed by atoms with E-state index < -0.39 is 40.2 Å². The van der Waals surface area contributed by atoms with Gasteiger partial charge in [-0.3, -0.25) is 9.59 Å². The van der Waals surface area contributed by atoms with Crippen LogP contribution in [0.15, 0.2) is 54.6 Å². The molecule has 0 aliphatic carbocycles. The van der Waals surface area contributed by atoms with Gasteiger partial charge in [0.2, 0.25) is 21.8 Å². The zero-order valence-electron chi connectivity index (χ0n) is 17.4. The summed E-state index contributed by atoms with van der Waals surface area (Å²) in [5.41, 5.74) is 1.07. The molecule has 0 spiro atoms. The van der Waals surface area contributed by atoms with Crippen molar-refractivity contribution in [1.29, 1.82) is 0 Å². The molecule has 0 heterocycles. The van der Waals surface area contributed by atoms with Crippen LogP contribution in [-0.4, -0.2) is 67.5 Å². The predicted molar refractivity (Wildman–Crippen MR) is 114 cm³/mol. The Morgan fingerprint density at radius 2 is 1.71 bits per heavy atom. The van der Waals surface area contributed by atoms with Crippen LogP contribution in [-0.2, 0) is 26.2 Å². The summed E-state index contributed by atoms with van der Waals surface area (Å²) < 4.78 is 37.8. The molecule has 2 N–H and O–H groups in total. The van der Waals surface area contributed by atoms with E-state index >= 15 is 0 Å².